The second kappa shape index (κ2) is 8.26. The van der Waals surface area contributed by atoms with Gasteiger partial charge in [-0.1, -0.05) is 6.07 Å². The summed E-state index contributed by atoms with van der Waals surface area (Å²) >= 11 is 0. The third kappa shape index (κ3) is 4.48. The number of benzene rings is 1. The van der Waals surface area contributed by atoms with Crippen molar-refractivity contribution in [2.75, 3.05) is 26.8 Å². The highest BCUT2D eigenvalue weighted by atomic mass is 19.1. The summed E-state index contributed by atoms with van der Waals surface area (Å²) in [6.07, 6.45) is 1.51. The van der Waals surface area contributed by atoms with Crippen molar-refractivity contribution in [3.05, 3.63) is 41.7 Å². The van der Waals surface area contributed by atoms with Gasteiger partial charge in [0, 0.05) is 26.1 Å². The van der Waals surface area contributed by atoms with Crippen LogP contribution in [0.3, 0.4) is 0 Å². The lowest BCUT2D eigenvalue weighted by Crippen LogP contribution is -2.41. The number of rotatable bonds is 6. The zero-order valence-electron chi connectivity index (χ0n) is 15.1. The molecule has 2 aromatic rings. The predicted octanol–water partition coefficient (Wildman–Crippen LogP) is 0.787. The fourth-order valence-electron chi connectivity index (χ4n) is 3.29. The Morgan fingerprint density at radius 3 is 2.93 bits per heavy atom. The number of piperidine rings is 1. The quantitative estimate of drug-likeness (QED) is 0.804. The molecule has 1 saturated heterocycles. The summed E-state index contributed by atoms with van der Waals surface area (Å²) < 4.78 is 20.2. The van der Waals surface area contributed by atoms with Gasteiger partial charge in [0.2, 0.25) is 11.8 Å². The molecule has 3 rings (SSSR count). The highest BCUT2D eigenvalue weighted by Crippen LogP contribution is 2.28. The highest BCUT2D eigenvalue weighted by molar-refractivity contribution is 5.77. The van der Waals surface area contributed by atoms with Crippen LogP contribution < -0.4 is 5.73 Å². The number of aromatic nitrogens is 3. The van der Waals surface area contributed by atoms with Crippen LogP contribution in [-0.4, -0.2) is 58.3 Å². The Morgan fingerprint density at radius 1 is 1.41 bits per heavy atom. The summed E-state index contributed by atoms with van der Waals surface area (Å²) in [4.78, 5) is 29.7. The molecule has 2 N–H and O–H groups in total. The standard InChI is InChI=1S/C18H22FN5O3/c1-27-11-17(26)23-7-3-4-12(10-23)18-21-16(9-15(20)25)22-24(18)14-6-2-5-13(19)8-14/h2,5-6,8,12H,3-4,7,9-11H2,1H3,(H2,20,25). The second-order valence-electron chi connectivity index (χ2n) is 6.53. The molecule has 1 aliphatic heterocycles. The summed E-state index contributed by atoms with van der Waals surface area (Å²) in [6, 6.07) is 5.99. The van der Waals surface area contributed by atoms with Crippen LogP contribution in [0.15, 0.2) is 24.3 Å². The molecule has 1 aliphatic rings. The highest BCUT2D eigenvalue weighted by Gasteiger charge is 2.29. The zero-order valence-corrected chi connectivity index (χ0v) is 15.1. The van der Waals surface area contributed by atoms with Gasteiger partial charge in [-0.3, -0.25) is 9.59 Å². The molecule has 1 unspecified atom stereocenters. The number of hydrogen-bond donors (Lipinski definition) is 1. The van der Waals surface area contributed by atoms with Gasteiger partial charge in [0.15, 0.2) is 5.82 Å². The molecule has 0 bridgehead atoms. The van der Waals surface area contributed by atoms with E-state index in [9.17, 15) is 14.0 Å². The Morgan fingerprint density at radius 2 is 2.22 bits per heavy atom. The zero-order chi connectivity index (χ0) is 19.4. The molecule has 1 fully saturated rings. The van der Waals surface area contributed by atoms with E-state index in [1.165, 1.54) is 23.9 Å². The van der Waals surface area contributed by atoms with Gasteiger partial charge in [-0.15, -0.1) is 0 Å². The molecule has 1 atom stereocenters. The van der Waals surface area contributed by atoms with Crippen LogP contribution in [0.25, 0.3) is 5.69 Å². The van der Waals surface area contributed by atoms with E-state index in [2.05, 4.69) is 10.1 Å². The van der Waals surface area contributed by atoms with Gasteiger partial charge in [0.05, 0.1) is 12.1 Å². The molecule has 144 valence electrons. The summed E-state index contributed by atoms with van der Waals surface area (Å²) in [5.41, 5.74) is 5.77. The van der Waals surface area contributed by atoms with Gasteiger partial charge in [-0.25, -0.2) is 14.1 Å². The molecule has 9 heteroatoms. The lowest BCUT2D eigenvalue weighted by atomic mass is 9.97. The Bertz CT molecular complexity index is 838. The average molecular weight is 375 g/mol. The van der Waals surface area contributed by atoms with Gasteiger partial charge >= 0.3 is 0 Å². The maximum absolute atomic E-state index is 13.7. The molecular formula is C18H22FN5O3. The van der Waals surface area contributed by atoms with Crippen molar-refractivity contribution < 1.29 is 18.7 Å². The molecule has 0 aliphatic carbocycles. The van der Waals surface area contributed by atoms with E-state index in [0.717, 1.165) is 12.8 Å². The number of likely N-dealkylation sites (tertiary alicyclic amines) is 1. The van der Waals surface area contributed by atoms with Crippen molar-refractivity contribution in [1.82, 2.24) is 19.7 Å². The number of methoxy groups -OCH3 is 1. The van der Waals surface area contributed by atoms with Gasteiger partial charge in [0.25, 0.3) is 0 Å². The van der Waals surface area contributed by atoms with Crippen molar-refractivity contribution in [2.45, 2.75) is 25.2 Å². The number of amides is 2. The van der Waals surface area contributed by atoms with Crippen LogP contribution in [0.5, 0.6) is 0 Å². The van der Waals surface area contributed by atoms with E-state index in [4.69, 9.17) is 10.5 Å². The topological polar surface area (TPSA) is 103 Å². The van der Waals surface area contributed by atoms with Crippen LogP contribution in [0.1, 0.15) is 30.4 Å². The van der Waals surface area contributed by atoms with Crippen LogP contribution >= 0.6 is 0 Å². The third-order valence-corrected chi connectivity index (χ3v) is 4.47. The fraction of sp³-hybridized carbons (Fsp3) is 0.444. The Balaban J connectivity index is 1.94. The minimum Gasteiger partial charge on any atom is -0.375 e. The smallest absolute Gasteiger partial charge is 0.248 e. The average Bonchev–Trinajstić information content (AvgIpc) is 3.05. The molecule has 1 aromatic heterocycles. The largest absolute Gasteiger partial charge is 0.375 e. The van der Waals surface area contributed by atoms with E-state index >= 15 is 0 Å². The van der Waals surface area contributed by atoms with E-state index in [0.29, 0.717) is 24.6 Å². The summed E-state index contributed by atoms with van der Waals surface area (Å²) in [5.74, 6) is -0.244. The number of carbonyl (C=O) groups is 2. The first-order chi connectivity index (χ1) is 13.0. The van der Waals surface area contributed by atoms with Gasteiger partial charge in [-0.05, 0) is 31.0 Å². The number of primary amides is 1. The van der Waals surface area contributed by atoms with E-state index < -0.39 is 11.7 Å². The van der Waals surface area contributed by atoms with Gasteiger partial charge in [-0.2, -0.15) is 5.10 Å². The maximum atomic E-state index is 13.7. The predicted molar refractivity (Wildman–Crippen MR) is 94.6 cm³/mol. The molecule has 2 amide bonds. The summed E-state index contributed by atoms with van der Waals surface area (Å²) in [7, 11) is 1.48. The van der Waals surface area contributed by atoms with Crippen LogP contribution in [0, 0.1) is 5.82 Å². The number of nitrogens with zero attached hydrogens (tertiary/aromatic N) is 4. The van der Waals surface area contributed by atoms with Crippen LogP contribution in [0.4, 0.5) is 4.39 Å². The SMILES string of the molecule is COCC(=O)N1CCCC(c2nc(CC(N)=O)nn2-c2cccc(F)c2)C1. The van der Waals surface area contributed by atoms with E-state index in [1.54, 1.807) is 17.0 Å². The minimum atomic E-state index is -0.543. The molecule has 2 heterocycles. The van der Waals surface area contributed by atoms with Crippen molar-refractivity contribution in [2.24, 2.45) is 5.73 Å². The molecule has 0 radical (unpaired) electrons. The third-order valence-electron chi connectivity index (χ3n) is 4.47. The number of halogens is 1. The van der Waals surface area contributed by atoms with E-state index in [1.807, 2.05) is 0 Å². The molecule has 27 heavy (non-hydrogen) atoms. The van der Waals surface area contributed by atoms with Crippen molar-refractivity contribution in [3.63, 3.8) is 0 Å². The number of ether oxygens (including phenoxy) is 1. The minimum absolute atomic E-state index is 0.0240. The first-order valence-corrected chi connectivity index (χ1v) is 8.74. The summed E-state index contributed by atoms with van der Waals surface area (Å²) in [6.45, 7) is 1.14. The summed E-state index contributed by atoms with van der Waals surface area (Å²) in [5, 5.41) is 4.35. The number of hydrogen-bond acceptors (Lipinski definition) is 5. The number of carbonyl (C=O) groups excluding carboxylic acids is 2. The van der Waals surface area contributed by atoms with Crippen LogP contribution in [0.2, 0.25) is 0 Å². The van der Waals surface area contributed by atoms with E-state index in [-0.39, 0.29) is 30.7 Å². The van der Waals surface area contributed by atoms with Crippen molar-refractivity contribution >= 4 is 11.8 Å². The fourth-order valence-corrected chi connectivity index (χ4v) is 3.29. The first-order valence-electron chi connectivity index (χ1n) is 8.74. The second-order valence-corrected chi connectivity index (χ2v) is 6.53. The molecule has 1 aromatic carbocycles. The first kappa shape index (κ1) is 19.0. The Kier molecular flexibility index (Phi) is 5.80. The normalized spacial score (nSPS) is 17.1. The lowest BCUT2D eigenvalue weighted by molar-refractivity contribution is -0.136. The molecular weight excluding hydrogens is 353 g/mol. The van der Waals surface area contributed by atoms with Gasteiger partial charge < -0.3 is 15.4 Å². The molecule has 8 nitrogen and oxygen atoms in total. The number of nitrogens with two attached hydrogens (primary N) is 1. The lowest BCUT2D eigenvalue weighted by Gasteiger charge is -2.32. The monoisotopic (exact) mass is 375 g/mol. The van der Waals surface area contributed by atoms with Gasteiger partial charge in [0.1, 0.15) is 18.2 Å². The van der Waals surface area contributed by atoms with Crippen molar-refractivity contribution in [1.29, 1.82) is 0 Å². The Labute approximate surface area is 156 Å². The maximum Gasteiger partial charge on any atom is 0.248 e. The molecule has 0 spiro atoms. The Hall–Kier alpha value is -2.81. The van der Waals surface area contributed by atoms with Crippen LogP contribution in [-0.2, 0) is 20.7 Å². The van der Waals surface area contributed by atoms with Crippen molar-refractivity contribution in [3.8, 4) is 5.69 Å². The molecule has 0 saturated carbocycles.